The van der Waals surface area contributed by atoms with Crippen molar-refractivity contribution in [2.75, 3.05) is 5.32 Å². The zero-order valence-electron chi connectivity index (χ0n) is 12.1. The van der Waals surface area contributed by atoms with Gasteiger partial charge in [0.05, 0.1) is 0 Å². The van der Waals surface area contributed by atoms with Crippen LogP contribution in [0.25, 0.3) is 6.08 Å². The lowest BCUT2D eigenvalue weighted by molar-refractivity contribution is -0.131. The smallest absolute Gasteiger partial charge is 0.328 e. The minimum absolute atomic E-state index is 0.0102. The number of carbonyl (C=O) groups excluding carboxylic acids is 1. The van der Waals surface area contributed by atoms with Crippen LogP contribution in [0.5, 0.6) is 0 Å². The summed E-state index contributed by atoms with van der Waals surface area (Å²) in [6.07, 6.45) is 4.21. The normalized spacial score (nSPS) is 12.3. The van der Waals surface area contributed by atoms with Crippen molar-refractivity contribution in [1.82, 2.24) is 0 Å². The van der Waals surface area contributed by atoms with Gasteiger partial charge in [0.1, 0.15) is 0 Å². The number of carboxylic acid groups (broad SMARTS) is 1. The molecule has 0 saturated heterocycles. The molecule has 2 N–H and O–H groups in total. The van der Waals surface area contributed by atoms with Crippen LogP contribution in [0.3, 0.4) is 0 Å². The first-order valence-electron chi connectivity index (χ1n) is 6.82. The summed E-state index contributed by atoms with van der Waals surface area (Å²) < 4.78 is 0. The van der Waals surface area contributed by atoms with Crippen LogP contribution >= 0.6 is 0 Å². The molecule has 0 bridgehead atoms. The maximum Gasteiger partial charge on any atom is 0.328 e. The third-order valence-corrected chi connectivity index (χ3v) is 3.25. The van der Waals surface area contributed by atoms with Crippen LogP contribution in [-0.2, 0) is 16.0 Å². The lowest BCUT2D eigenvalue weighted by Crippen LogP contribution is -2.20. The summed E-state index contributed by atoms with van der Waals surface area (Å²) in [6, 6.07) is 5.51. The van der Waals surface area contributed by atoms with Gasteiger partial charge in [0.15, 0.2) is 0 Å². The molecule has 1 aromatic carbocycles. The summed E-state index contributed by atoms with van der Waals surface area (Å²) in [5.74, 6) is -0.987. The highest BCUT2D eigenvalue weighted by Crippen LogP contribution is 2.20. The topological polar surface area (TPSA) is 66.4 Å². The predicted molar refractivity (Wildman–Crippen MR) is 80.6 cm³/mol. The Hall–Kier alpha value is -2.10. The van der Waals surface area contributed by atoms with Crippen molar-refractivity contribution < 1.29 is 14.7 Å². The number of aliphatic carboxylic acids is 1. The van der Waals surface area contributed by atoms with Crippen molar-refractivity contribution in [3.63, 3.8) is 0 Å². The summed E-state index contributed by atoms with van der Waals surface area (Å²) in [6.45, 7) is 5.87. The van der Waals surface area contributed by atoms with E-state index in [9.17, 15) is 9.59 Å². The first kappa shape index (κ1) is 16.0. The summed E-state index contributed by atoms with van der Waals surface area (Å²) in [5, 5.41) is 11.5. The fraction of sp³-hybridized carbons (Fsp3) is 0.375. The van der Waals surface area contributed by atoms with Crippen LogP contribution in [0, 0.1) is 5.92 Å². The van der Waals surface area contributed by atoms with Gasteiger partial charge in [-0.25, -0.2) is 4.79 Å². The standard InChI is InChI=1S/C16H21NO3/c1-4-11(3)16(20)17-14-8-6-12(7-9-15(18)19)10-13(14)5-2/h6-11H,4-5H2,1-3H3,(H,17,20)(H,18,19)/b9-7+. The number of anilines is 1. The molecule has 0 spiro atoms. The highest BCUT2D eigenvalue weighted by atomic mass is 16.4. The Bertz CT molecular complexity index is 520. The van der Waals surface area contributed by atoms with Crippen molar-refractivity contribution in [1.29, 1.82) is 0 Å². The number of benzene rings is 1. The zero-order chi connectivity index (χ0) is 15.1. The molecule has 0 aliphatic rings. The number of hydrogen-bond acceptors (Lipinski definition) is 2. The van der Waals surface area contributed by atoms with E-state index >= 15 is 0 Å². The molecule has 1 amide bonds. The van der Waals surface area contributed by atoms with Crippen LogP contribution in [0.2, 0.25) is 0 Å². The van der Waals surface area contributed by atoms with Gasteiger partial charge in [-0.3, -0.25) is 4.79 Å². The van der Waals surface area contributed by atoms with Gasteiger partial charge in [0, 0.05) is 17.7 Å². The second kappa shape index (κ2) is 7.48. The molecule has 0 fully saturated rings. The molecular weight excluding hydrogens is 254 g/mol. The fourth-order valence-electron chi connectivity index (χ4n) is 1.74. The SMILES string of the molecule is CCc1cc(/C=C/C(=O)O)ccc1NC(=O)C(C)CC. The van der Waals surface area contributed by atoms with E-state index in [1.165, 1.54) is 0 Å². The van der Waals surface area contributed by atoms with E-state index in [1.807, 2.05) is 32.9 Å². The Morgan fingerprint density at radius 3 is 2.60 bits per heavy atom. The Labute approximate surface area is 119 Å². The lowest BCUT2D eigenvalue weighted by Gasteiger charge is -2.13. The lowest BCUT2D eigenvalue weighted by atomic mass is 10.0. The minimum Gasteiger partial charge on any atom is -0.478 e. The second-order valence-electron chi connectivity index (χ2n) is 4.74. The van der Waals surface area contributed by atoms with Gasteiger partial charge in [0.25, 0.3) is 0 Å². The van der Waals surface area contributed by atoms with Crippen molar-refractivity contribution in [2.24, 2.45) is 5.92 Å². The third kappa shape index (κ3) is 4.53. The molecule has 1 aromatic rings. The molecule has 0 saturated carbocycles. The van der Waals surface area contributed by atoms with Gasteiger partial charge >= 0.3 is 5.97 Å². The zero-order valence-corrected chi connectivity index (χ0v) is 12.1. The van der Waals surface area contributed by atoms with Crippen molar-refractivity contribution in [2.45, 2.75) is 33.6 Å². The first-order valence-corrected chi connectivity index (χ1v) is 6.82. The van der Waals surface area contributed by atoms with Crippen LogP contribution in [0.4, 0.5) is 5.69 Å². The third-order valence-electron chi connectivity index (χ3n) is 3.25. The summed E-state index contributed by atoms with van der Waals surface area (Å²) in [4.78, 5) is 22.4. The number of rotatable bonds is 6. The second-order valence-corrected chi connectivity index (χ2v) is 4.74. The molecule has 108 valence electrons. The highest BCUT2D eigenvalue weighted by Gasteiger charge is 2.12. The van der Waals surface area contributed by atoms with Gasteiger partial charge in [-0.2, -0.15) is 0 Å². The summed E-state index contributed by atoms with van der Waals surface area (Å²) in [5.41, 5.74) is 2.60. The van der Waals surface area contributed by atoms with Gasteiger partial charge in [-0.15, -0.1) is 0 Å². The number of carboxylic acids is 1. The van der Waals surface area contributed by atoms with E-state index in [2.05, 4.69) is 5.32 Å². The summed E-state index contributed by atoms with van der Waals surface area (Å²) >= 11 is 0. The van der Waals surface area contributed by atoms with E-state index in [1.54, 1.807) is 12.1 Å². The number of nitrogens with one attached hydrogen (secondary N) is 1. The number of carbonyl (C=O) groups is 2. The average Bonchev–Trinajstić information content (AvgIpc) is 2.44. The van der Waals surface area contributed by atoms with E-state index in [4.69, 9.17) is 5.11 Å². The highest BCUT2D eigenvalue weighted by molar-refractivity contribution is 5.93. The summed E-state index contributed by atoms with van der Waals surface area (Å²) in [7, 11) is 0. The molecule has 1 atom stereocenters. The molecular formula is C16H21NO3. The van der Waals surface area contributed by atoms with Crippen molar-refractivity contribution in [3.05, 3.63) is 35.4 Å². The molecule has 0 aliphatic heterocycles. The van der Waals surface area contributed by atoms with Crippen LogP contribution in [0.15, 0.2) is 24.3 Å². The number of amides is 1. The van der Waals surface area contributed by atoms with Gasteiger partial charge in [-0.05, 0) is 42.2 Å². The van der Waals surface area contributed by atoms with Gasteiger partial charge in [0.2, 0.25) is 5.91 Å². The molecule has 0 aromatic heterocycles. The average molecular weight is 275 g/mol. The van der Waals surface area contributed by atoms with E-state index in [0.717, 1.165) is 35.7 Å². The Balaban J connectivity index is 2.93. The molecule has 0 radical (unpaired) electrons. The maximum atomic E-state index is 11.9. The Morgan fingerprint density at radius 1 is 1.35 bits per heavy atom. The molecule has 1 unspecified atom stereocenters. The Kier molecular flexibility index (Phi) is 5.97. The maximum absolute atomic E-state index is 11.9. The molecule has 20 heavy (non-hydrogen) atoms. The molecule has 0 aliphatic carbocycles. The van der Waals surface area contributed by atoms with Crippen LogP contribution < -0.4 is 5.32 Å². The van der Waals surface area contributed by atoms with Crippen LogP contribution in [-0.4, -0.2) is 17.0 Å². The largest absolute Gasteiger partial charge is 0.478 e. The van der Waals surface area contributed by atoms with Crippen LogP contribution in [0.1, 0.15) is 38.3 Å². The van der Waals surface area contributed by atoms with E-state index in [-0.39, 0.29) is 11.8 Å². The number of aryl methyl sites for hydroxylation is 1. The molecule has 4 nitrogen and oxygen atoms in total. The first-order chi connectivity index (χ1) is 9.47. The van der Waals surface area contributed by atoms with Crippen molar-refractivity contribution >= 4 is 23.6 Å². The Morgan fingerprint density at radius 2 is 2.05 bits per heavy atom. The molecule has 1 rings (SSSR count). The molecule has 4 heteroatoms. The van der Waals surface area contributed by atoms with Gasteiger partial charge in [-0.1, -0.05) is 26.8 Å². The molecule has 0 heterocycles. The fourth-order valence-corrected chi connectivity index (χ4v) is 1.74. The monoisotopic (exact) mass is 275 g/mol. The minimum atomic E-state index is -0.975. The quantitative estimate of drug-likeness (QED) is 0.782. The van der Waals surface area contributed by atoms with E-state index < -0.39 is 5.97 Å². The van der Waals surface area contributed by atoms with Gasteiger partial charge < -0.3 is 10.4 Å². The predicted octanol–water partition coefficient (Wildman–Crippen LogP) is 3.33. The van der Waals surface area contributed by atoms with Crippen molar-refractivity contribution in [3.8, 4) is 0 Å². The van der Waals surface area contributed by atoms with E-state index in [0.29, 0.717) is 0 Å². The number of hydrogen-bond donors (Lipinski definition) is 2.